The topological polar surface area (TPSA) is 78.0 Å². The van der Waals surface area contributed by atoms with Crippen LogP contribution in [0.15, 0.2) is 30.5 Å². The fourth-order valence-electron chi connectivity index (χ4n) is 2.62. The van der Waals surface area contributed by atoms with E-state index in [-0.39, 0.29) is 11.9 Å². The predicted molar refractivity (Wildman–Crippen MR) is 83.5 cm³/mol. The lowest BCUT2D eigenvalue weighted by atomic mass is 10.1. The van der Waals surface area contributed by atoms with Crippen LogP contribution in [0.2, 0.25) is 0 Å². The first-order valence-electron chi connectivity index (χ1n) is 7.41. The number of hydrogen-bond donors (Lipinski definition) is 0. The van der Waals surface area contributed by atoms with E-state index < -0.39 is 0 Å². The molecule has 1 fully saturated rings. The van der Waals surface area contributed by atoms with Gasteiger partial charge in [-0.15, -0.1) is 5.10 Å². The van der Waals surface area contributed by atoms with Crippen molar-refractivity contribution in [3.05, 3.63) is 47.3 Å². The summed E-state index contributed by atoms with van der Waals surface area (Å²) in [5.41, 5.74) is 2.18. The van der Waals surface area contributed by atoms with Gasteiger partial charge in [0.25, 0.3) is 5.91 Å². The lowest BCUT2D eigenvalue weighted by Crippen LogP contribution is -2.47. The highest BCUT2D eigenvalue weighted by atomic mass is 16.2. The average Bonchev–Trinajstić information content (AvgIpc) is 2.99. The summed E-state index contributed by atoms with van der Waals surface area (Å²) in [7, 11) is 3.39. The third-order valence-corrected chi connectivity index (χ3v) is 3.91. The van der Waals surface area contributed by atoms with Crippen LogP contribution in [-0.2, 0) is 6.54 Å². The van der Waals surface area contributed by atoms with Gasteiger partial charge in [0, 0.05) is 33.7 Å². The van der Waals surface area contributed by atoms with E-state index in [0.717, 1.165) is 25.2 Å². The van der Waals surface area contributed by atoms with Crippen molar-refractivity contribution in [1.29, 1.82) is 5.26 Å². The Labute approximate surface area is 134 Å². The first-order chi connectivity index (χ1) is 11.1. The normalized spacial score (nSPS) is 15.0. The van der Waals surface area contributed by atoms with Crippen molar-refractivity contribution in [2.45, 2.75) is 12.6 Å². The Hall–Kier alpha value is -2.72. The maximum atomic E-state index is 11.8. The fraction of sp³-hybridized carbons (Fsp3) is 0.375. The van der Waals surface area contributed by atoms with Gasteiger partial charge < -0.3 is 4.90 Å². The average molecular weight is 310 g/mol. The quantitative estimate of drug-likeness (QED) is 0.839. The van der Waals surface area contributed by atoms with Crippen LogP contribution in [0, 0.1) is 11.3 Å². The number of nitriles is 1. The first kappa shape index (κ1) is 15.2. The van der Waals surface area contributed by atoms with Gasteiger partial charge >= 0.3 is 0 Å². The maximum absolute atomic E-state index is 11.8. The number of likely N-dealkylation sites (tertiary alicyclic amines) is 1. The molecule has 1 saturated heterocycles. The summed E-state index contributed by atoms with van der Waals surface area (Å²) in [4.78, 5) is 15.6. The second-order valence-electron chi connectivity index (χ2n) is 5.94. The highest BCUT2D eigenvalue weighted by Gasteiger charge is 2.29. The van der Waals surface area contributed by atoms with E-state index >= 15 is 0 Å². The molecule has 0 unspecified atom stereocenters. The number of carbonyl (C=O) groups is 1. The minimum atomic E-state index is -0.138. The molecule has 0 aliphatic carbocycles. The van der Waals surface area contributed by atoms with Crippen LogP contribution < -0.4 is 0 Å². The van der Waals surface area contributed by atoms with Crippen LogP contribution in [0.1, 0.15) is 27.7 Å². The van der Waals surface area contributed by atoms with Crippen LogP contribution >= 0.6 is 0 Å². The summed E-state index contributed by atoms with van der Waals surface area (Å²) in [5.74, 6) is -0.138. The molecule has 1 aromatic heterocycles. The van der Waals surface area contributed by atoms with E-state index in [1.807, 2.05) is 18.2 Å². The lowest BCUT2D eigenvalue weighted by Gasteiger charge is -2.38. The molecule has 0 saturated carbocycles. The van der Waals surface area contributed by atoms with Crippen LogP contribution in [0.25, 0.3) is 0 Å². The Morgan fingerprint density at radius 2 is 2.22 bits per heavy atom. The van der Waals surface area contributed by atoms with Crippen LogP contribution in [0.3, 0.4) is 0 Å². The van der Waals surface area contributed by atoms with Gasteiger partial charge in [0.2, 0.25) is 0 Å². The zero-order valence-corrected chi connectivity index (χ0v) is 13.2. The molecule has 0 spiro atoms. The molecule has 1 aliphatic heterocycles. The van der Waals surface area contributed by atoms with Crippen molar-refractivity contribution in [1.82, 2.24) is 24.8 Å². The van der Waals surface area contributed by atoms with Crippen molar-refractivity contribution in [2.24, 2.45) is 0 Å². The van der Waals surface area contributed by atoms with Crippen LogP contribution in [0.5, 0.6) is 0 Å². The number of amides is 1. The smallest absolute Gasteiger partial charge is 0.275 e. The molecule has 3 rings (SSSR count). The Morgan fingerprint density at radius 1 is 1.43 bits per heavy atom. The molecule has 7 heteroatoms. The molecule has 2 heterocycles. The molecule has 23 heavy (non-hydrogen) atoms. The van der Waals surface area contributed by atoms with E-state index in [0.29, 0.717) is 11.3 Å². The first-order valence-corrected chi connectivity index (χ1v) is 7.41. The van der Waals surface area contributed by atoms with Gasteiger partial charge in [-0.25, -0.2) is 4.68 Å². The van der Waals surface area contributed by atoms with Crippen LogP contribution in [-0.4, -0.2) is 57.9 Å². The number of benzene rings is 1. The predicted octanol–water partition coefficient (Wildman–Crippen LogP) is 0.908. The SMILES string of the molecule is CN(C)C(=O)c1cn(C2CN(Cc3cccc(C#N)c3)C2)nn1. The van der Waals surface area contributed by atoms with E-state index in [1.54, 1.807) is 31.0 Å². The van der Waals surface area contributed by atoms with Gasteiger partial charge in [-0.05, 0) is 17.7 Å². The summed E-state index contributed by atoms with van der Waals surface area (Å²) in [6.45, 7) is 2.52. The number of rotatable bonds is 4. The van der Waals surface area contributed by atoms with Crippen molar-refractivity contribution >= 4 is 5.91 Å². The Bertz CT molecular complexity index is 754. The summed E-state index contributed by atoms with van der Waals surface area (Å²) in [6.07, 6.45) is 1.71. The fourth-order valence-corrected chi connectivity index (χ4v) is 2.62. The Balaban J connectivity index is 1.57. The largest absolute Gasteiger partial charge is 0.343 e. The third kappa shape index (κ3) is 3.22. The third-order valence-electron chi connectivity index (χ3n) is 3.91. The highest BCUT2D eigenvalue weighted by molar-refractivity contribution is 5.91. The second kappa shape index (κ2) is 6.18. The molecule has 0 radical (unpaired) electrons. The Kier molecular flexibility index (Phi) is 4.08. The molecular weight excluding hydrogens is 292 g/mol. The molecule has 1 aliphatic rings. The van der Waals surface area contributed by atoms with Gasteiger partial charge in [-0.1, -0.05) is 17.3 Å². The second-order valence-corrected chi connectivity index (χ2v) is 5.94. The van der Waals surface area contributed by atoms with E-state index in [2.05, 4.69) is 21.3 Å². The number of aromatic nitrogens is 3. The summed E-state index contributed by atoms with van der Waals surface area (Å²) in [5, 5.41) is 16.9. The molecular formula is C16H18N6O. The molecule has 118 valence electrons. The zero-order valence-electron chi connectivity index (χ0n) is 13.2. The van der Waals surface area contributed by atoms with Crippen molar-refractivity contribution in [2.75, 3.05) is 27.2 Å². The molecule has 1 aromatic carbocycles. The van der Waals surface area contributed by atoms with Crippen molar-refractivity contribution in [3.63, 3.8) is 0 Å². The summed E-state index contributed by atoms with van der Waals surface area (Å²) >= 11 is 0. The van der Waals surface area contributed by atoms with Gasteiger partial charge in [0.05, 0.1) is 23.9 Å². The minimum Gasteiger partial charge on any atom is -0.343 e. The molecule has 0 atom stereocenters. The minimum absolute atomic E-state index is 0.138. The van der Waals surface area contributed by atoms with Gasteiger partial charge in [-0.2, -0.15) is 5.26 Å². The van der Waals surface area contributed by atoms with Crippen molar-refractivity contribution < 1.29 is 4.79 Å². The zero-order chi connectivity index (χ0) is 16.4. The molecule has 7 nitrogen and oxygen atoms in total. The monoisotopic (exact) mass is 310 g/mol. The van der Waals surface area contributed by atoms with Crippen LogP contribution in [0.4, 0.5) is 0 Å². The summed E-state index contributed by atoms with van der Waals surface area (Å²) < 4.78 is 1.76. The molecule has 1 amide bonds. The summed E-state index contributed by atoms with van der Waals surface area (Å²) in [6, 6.07) is 10.0. The van der Waals surface area contributed by atoms with Crippen molar-refractivity contribution in [3.8, 4) is 6.07 Å². The lowest BCUT2D eigenvalue weighted by molar-refractivity contribution is 0.0820. The number of hydrogen-bond acceptors (Lipinski definition) is 5. The Morgan fingerprint density at radius 3 is 2.91 bits per heavy atom. The molecule has 0 N–H and O–H groups in total. The highest BCUT2D eigenvalue weighted by Crippen LogP contribution is 2.22. The standard InChI is InChI=1S/C16H18N6O/c1-20(2)16(23)15-11-22(19-18-15)14-9-21(10-14)8-13-5-3-4-12(6-13)7-17/h3-6,11,14H,8-10H2,1-2H3. The van der Waals surface area contributed by atoms with Gasteiger partial charge in [0.15, 0.2) is 5.69 Å². The van der Waals surface area contributed by atoms with E-state index in [1.165, 1.54) is 4.90 Å². The number of nitrogens with zero attached hydrogens (tertiary/aromatic N) is 6. The van der Waals surface area contributed by atoms with E-state index in [9.17, 15) is 4.79 Å². The van der Waals surface area contributed by atoms with Gasteiger partial charge in [-0.3, -0.25) is 9.69 Å². The molecule has 2 aromatic rings. The van der Waals surface area contributed by atoms with Gasteiger partial charge in [0.1, 0.15) is 0 Å². The molecule has 0 bridgehead atoms. The maximum Gasteiger partial charge on any atom is 0.275 e. The van der Waals surface area contributed by atoms with E-state index in [4.69, 9.17) is 5.26 Å². The number of carbonyl (C=O) groups excluding carboxylic acids is 1.